The second-order valence-electron chi connectivity index (χ2n) is 4.29. The normalized spacial score (nSPS) is 29.6. The zero-order valence-electron chi connectivity index (χ0n) is 9.36. The highest BCUT2D eigenvalue weighted by Crippen LogP contribution is 2.15. The van der Waals surface area contributed by atoms with Crippen molar-refractivity contribution in [1.29, 1.82) is 0 Å². The van der Waals surface area contributed by atoms with E-state index < -0.39 is 0 Å². The van der Waals surface area contributed by atoms with Crippen LogP contribution in [0.25, 0.3) is 0 Å². The molecule has 0 aliphatic carbocycles. The van der Waals surface area contributed by atoms with Crippen molar-refractivity contribution in [3.05, 3.63) is 0 Å². The highest BCUT2D eigenvalue weighted by Gasteiger charge is 2.33. The predicted octanol–water partition coefficient (Wildman–Crippen LogP) is -0.635. The Bertz CT molecular complexity index is 285. The Labute approximate surface area is 101 Å². The third-order valence-corrected chi connectivity index (χ3v) is 3.11. The highest BCUT2D eigenvalue weighted by molar-refractivity contribution is 5.89. The van der Waals surface area contributed by atoms with E-state index >= 15 is 0 Å². The second kappa shape index (κ2) is 5.50. The first-order valence-electron chi connectivity index (χ1n) is 5.46. The molecule has 0 radical (unpaired) electrons. The Morgan fingerprint density at radius 2 is 2.19 bits per heavy atom. The van der Waals surface area contributed by atoms with Gasteiger partial charge in [-0.1, -0.05) is 0 Å². The van der Waals surface area contributed by atoms with Crippen molar-refractivity contribution in [1.82, 2.24) is 15.5 Å². The third-order valence-electron chi connectivity index (χ3n) is 3.11. The Hall–Kier alpha value is -0.810. The summed E-state index contributed by atoms with van der Waals surface area (Å²) in [6.07, 6.45) is 0.357. The van der Waals surface area contributed by atoms with Gasteiger partial charge < -0.3 is 15.5 Å². The van der Waals surface area contributed by atoms with Crippen LogP contribution < -0.4 is 10.6 Å². The molecule has 0 spiro atoms. The first-order valence-corrected chi connectivity index (χ1v) is 5.46. The van der Waals surface area contributed by atoms with Crippen LogP contribution in [-0.2, 0) is 9.59 Å². The third kappa shape index (κ3) is 2.65. The number of hydrogen-bond acceptors (Lipinski definition) is 3. The maximum atomic E-state index is 12.1. The zero-order chi connectivity index (χ0) is 10.8. The SMILES string of the molecule is CC1CNCCN1C(=O)C1CNC(=O)C1.Cl. The lowest BCUT2D eigenvalue weighted by molar-refractivity contribution is -0.138. The summed E-state index contributed by atoms with van der Waals surface area (Å²) in [5, 5.41) is 5.94. The van der Waals surface area contributed by atoms with Crippen molar-refractivity contribution in [2.75, 3.05) is 26.2 Å². The van der Waals surface area contributed by atoms with Crippen LogP contribution in [0.4, 0.5) is 0 Å². The molecule has 5 nitrogen and oxygen atoms in total. The molecule has 2 unspecified atom stereocenters. The summed E-state index contributed by atoms with van der Waals surface area (Å²) in [5.41, 5.74) is 0. The molecule has 0 aromatic carbocycles. The number of rotatable bonds is 1. The van der Waals surface area contributed by atoms with Gasteiger partial charge in [-0.25, -0.2) is 0 Å². The standard InChI is InChI=1S/C10H17N3O2.ClH/c1-7-5-11-2-3-13(7)10(15)8-4-9(14)12-6-8;/h7-8,11H,2-6H2,1H3,(H,12,14);1H. The lowest BCUT2D eigenvalue weighted by atomic mass is 10.1. The van der Waals surface area contributed by atoms with Crippen LogP contribution in [0.5, 0.6) is 0 Å². The van der Waals surface area contributed by atoms with Gasteiger partial charge in [0.05, 0.1) is 5.92 Å². The topological polar surface area (TPSA) is 61.4 Å². The van der Waals surface area contributed by atoms with Gasteiger partial charge in [-0.3, -0.25) is 9.59 Å². The number of piperazine rings is 1. The summed E-state index contributed by atoms with van der Waals surface area (Å²) in [6, 6.07) is 0.238. The average Bonchev–Trinajstić information content (AvgIpc) is 2.65. The molecule has 92 valence electrons. The van der Waals surface area contributed by atoms with Crippen LogP contribution in [-0.4, -0.2) is 48.9 Å². The lowest BCUT2D eigenvalue weighted by Gasteiger charge is -2.35. The van der Waals surface area contributed by atoms with E-state index in [0.29, 0.717) is 13.0 Å². The molecule has 6 heteroatoms. The van der Waals surface area contributed by atoms with Crippen molar-refractivity contribution in [2.45, 2.75) is 19.4 Å². The fraction of sp³-hybridized carbons (Fsp3) is 0.800. The summed E-state index contributed by atoms with van der Waals surface area (Å²) >= 11 is 0. The number of hydrogen-bond donors (Lipinski definition) is 2. The highest BCUT2D eigenvalue weighted by atomic mass is 35.5. The van der Waals surface area contributed by atoms with Crippen molar-refractivity contribution < 1.29 is 9.59 Å². The summed E-state index contributed by atoms with van der Waals surface area (Å²) in [5.74, 6) is -0.0171. The van der Waals surface area contributed by atoms with Crippen LogP contribution in [0, 0.1) is 5.92 Å². The summed E-state index contributed by atoms with van der Waals surface area (Å²) in [6.45, 7) is 5.00. The van der Waals surface area contributed by atoms with Gasteiger partial charge in [-0.05, 0) is 6.92 Å². The van der Waals surface area contributed by atoms with E-state index in [9.17, 15) is 9.59 Å². The van der Waals surface area contributed by atoms with Gasteiger partial charge in [0.1, 0.15) is 0 Å². The van der Waals surface area contributed by atoms with Crippen molar-refractivity contribution in [2.24, 2.45) is 5.92 Å². The predicted molar refractivity (Wildman–Crippen MR) is 62.4 cm³/mol. The maximum absolute atomic E-state index is 12.1. The van der Waals surface area contributed by atoms with Gasteiger partial charge in [-0.2, -0.15) is 0 Å². The van der Waals surface area contributed by atoms with Crippen molar-refractivity contribution in [3.63, 3.8) is 0 Å². The summed E-state index contributed by atoms with van der Waals surface area (Å²) in [4.78, 5) is 25.0. The van der Waals surface area contributed by atoms with Gasteiger partial charge in [0.2, 0.25) is 11.8 Å². The molecule has 2 fully saturated rings. The van der Waals surface area contributed by atoms with Gasteiger partial charge in [0.25, 0.3) is 0 Å². The number of nitrogens with zero attached hydrogens (tertiary/aromatic N) is 1. The van der Waals surface area contributed by atoms with Crippen LogP contribution >= 0.6 is 12.4 Å². The monoisotopic (exact) mass is 247 g/mol. The summed E-state index contributed by atoms with van der Waals surface area (Å²) < 4.78 is 0. The average molecular weight is 248 g/mol. The first-order chi connectivity index (χ1) is 7.18. The second-order valence-corrected chi connectivity index (χ2v) is 4.29. The van der Waals surface area contributed by atoms with Crippen LogP contribution in [0.15, 0.2) is 0 Å². The number of carbonyl (C=O) groups excluding carboxylic acids is 2. The molecule has 2 amide bonds. The number of halogens is 1. The summed E-state index contributed by atoms with van der Waals surface area (Å²) in [7, 11) is 0. The molecule has 0 aromatic rings. The Kier molecular flexibility index (Phi) is 4.56. The van der Waals surface area contributed by atoms with E-state index in [1.807, 2.05) is 11.8 Å². The van der Waals surface area contributed by atoms with Crippen LogP contribution in [0.2, 0.25) is 0 Å². The Morgan fingerprint density at radius 3 is 2.75 bits per heavy atom. The Morgan fingerprint density at radius 1 is 1.44 bits per heavy atom. The van der Waals surface area contributed by atoms with E-state index in [1.165, 1.54) is 0 Å². The fourth-order valence-corrected chi connectivity index (χ4v) is 2.18. The molecular weight excluding hydrogens is 230 g/mol. The minimum absolute atomic E-state index is 0. The van der Waals surface area contributed by atoms with Crippen LogP contribution in [0.1, 0.15) is 13.3 Å². The molecule has 2 atom stereocenters. The van der Waals surface area contributed by atoms with Crippen molar-refractivity contribution >= 4 is 24.2 Å². The van der Waals surface area contributed by atoms with Crippen molar-refractivity contribution in [3.8, 4) is 0 Å². The maximum Gasteiger partial charge on any atom is 0.228 e. The lowest BCUT2D eigenvalue weighted by Crippen LogP contribution is -2.54. The molecule has 16 heavy (non-hydrogen) atoms. The fourth-order valence-electron chi connectivity index (χ4n) is 2.18. The number of amides is 2. The molecule has 2 heterocycles. The minimum Gasteiger partial charge on any atom is -0.355 e. The smallest absolute Gasteiger partial charge is 0.228 e. The van der Waals surface area contributed by atoms with Crippen LogP contribution in [0.3, 0.4) is 0 Å². The largest absolute Gasteiger partial charge is 0.355 e. The number of carbonyl (C=O) groups is 2. The molecular formula is C10H18ClN3O2. The van der Waals surface area contributed by atoms with Gasteiger partial charge >= 0.3 is 0 Å². The van der Waals surface area contributed by atoms with E-state index in [1.54, 1.807) is 0 Å². The molecule has 0 aromatic heterocycles. The molecule has 0 bridgehead atoms. The first kappa shape index (κ1) is 13.3. The molecule has 0 saturated carbocycles. The van der Waals surface area contributed by atoms with Gasteiger partial charge in [0.15, 0.2) is 0 Å². The minimum atomic E-state index is -0.141. The number of nitrogens with one attached hydrogen (secondary N) is 2. The van der Waals surface area contributed by atoms with E-state index in [-0.39, 0.29) is 36.2 Å². The molecule has 2 aliphatic heterocycles. The quantitative estimate of drug-likeness (QED) is 0.648. The zero-order valence-corrected chi connectivity index (χ0v) is 10.2. The van der Waals surface area contributed by atoms with E-state index in [4.69, 9.17) is 0 Å². The molecule has 2 N–H and O–H groups in total. The molecule has 2 rings (SSSR count). The van der Waals surface area contributed by atoms with Gasteiger partial charge in [-0.15, -0.1) is 12.4 Å². The molecule has 2 saturated heterocycles. The Balaban J connectivity index is 0.00000128. The van der Waals surface area contributed by atoms with E-state index in [0.717, 1.165) is 19.6 Å². The van der Waals surface area contributed by atoms with Gasteiger partial charge in [0, 0.05) is 38.6 Å². The van der Waals surface area contributed by atoms with E-state index in [2.05, 4.69) is 10.6 Å². The molecule has 2 aliphatic rings.